The number of aryl methyl sites for hydroxylation is 1. The molecule has 1 atom stereocenters. The Kier molecular flexibility index (Phi) is 4.19. The largest absolute Gasteiger partial charge is 0.463 e. The van der Waals surface area contributed by atoms with Crippen LogP contribution in [0, 0.1) is 6.92 Å². The first-order valence-electron chi connectivity index (χ1n) is 8.47. The molecule has 4 heterocycles. The molecule has 1 aliphatic heterocycles. The van der Waals surface area contributed by atoms with Crippen molar-refractivity contribution in [2.45, 2.75) is 25.9 Å². The van der Waals surface area contributed by atoms with Crippen molar-refractivity contribution in [2.75, 3.05) is 18.0 Å². The number of hydrogen-bond acceptors (Lipinski definition) is 6. The second-order valence-electron chi connectivity index (χ2n) is 6.34. The highest BCUT2D eigenvalue weighted by Gasteiger charge is 2.22. The monoisotopic (exact) mass is 336 g/mol. The Hall–Kier alpha value is -2.73. The Bertz CT molecular complexity index is 864. The smallest absolute Gasteiger partial charge is 0.226 e. The summed E-state index contributed by atoms with van der Waals surface area (Å²) in [4.78, 5) is 15.5. The number of nitrogens with zero attached hydrogens (tertiary/aromatic N) is 4. The predicted octanol–water partition coefficient (Wildman–Crippen LogP) is 3.07. The van der Waals surface area contributed by atoms with Crippen molar-refractivity contribution in [3.05, 3.63) is 48.6 Å². The van der Waals surface area contributed by atoms with Crippen LogP contribution in [0.15, 0.2) is 47.5 Å². The maximum absolute atomic E-state index is 9.94. The second-order valence-corrected chi connectivity index (χ2v) is 6.34. The molecule has 1 fully saturated rings. The molecule has 0 radical (unpaired) electrons. The van der Waals surface area contributed by atoms with E-state index in [-0.39, 0.29) is 6.10 Å². The van der Waals surface area contributed by atoms with E-state index in [1.165, 1.54) is 0 Å². The third-order valence-corrected chi connectivity index (χ3v) is 4.52. The summed E-state index contributed by atoms with van der Waals surface area (Å²) in [5.41, 5.74) is 3.76. The van der Waals surface area contributed by atoms with E-state index < -0.39 is 0 Å². The molecular formula is C19H20N4O2. The lowest BCUT2D eigenvalue weighted by atomic mass is 10.0. The molecule has 25 heavy (non-hydrogen) atoms. The van der Waals surface area contributed by atoms with Crippen molar-refractivity contribution in [3.63, 3.8) is 0 Å². The van der Waals surface area contributed by atoms with Crippen LogP contribution in [0.25, 0.3) is 22.6 Å². The number of β-amino-alcohol motifs (C(OH)–C–C–N with tert-alkyl or cyclic N) is 1. The summed E-state index contributed by atoms with van der Waals surface area (Å²) in [6.45, 7) is 3.43. The van der Waals surface area contributed by atoms with Gasteiger partial charge in [0.25, 0.3) is 0 Å². The Morgan fingerprint density at radius 1 is 1.24 bits per heavy atom. The molecule has 128 valence electrons. The average molecular weight is 336 g/mol. The van der Waals surface area contributed by atoms with Gasteiger partial charge < -0.3 is 14.4 Å². The number of furan rings is 1. The van der Waals surface area contributed by atoms with Gasteiger partial charge in [0.1, 0.15) is 5.69 Å². The molecule has 0 aromatic carbocycles. The normalized spacial score (nSPS) is 17.7. The summed E-state index contributed by atoms with van der Waals surface area (Å²) in [5, 5.41) is 9.94. The van der Waals surface area contributed by atoms with Crippen LogP contribution in [0.1, 0.15) is 18.4 Å². The zero-order valence-electron chi connectivity index (χ0n) is 14.1. The van der Waals surface area contributed by atoms with Crippen LogP contribution in [-0.4, -0.2) is 39.3 Å². The van der Waals surface area contributed by atoms with Gasteiger partial charge in [-0.1, -0.05) is 0 Å². The first-order chi connectivity index (χ1) is 12.2. The van der Waals surface area contributed by atoms with Gasteiger partial charge in [-0.3, -0.25) is 4.98 Å². The van der Waals surface area contributed by atoms with Gasteiger partial charge in [-0.15, -0.1) is 0 Å². The van der Waals surface area contributed by atoms with E-state index in [9.17, 15) is 5.11 Å². The topological polar surface area (TPSA) is 75.3 Å². The molecule has 0 saturated carbocycles. The molecule has 3 aromatic rings. The van der Waals surface area contributed by atoms with Crippen LogP contribution in [0.2, 0.25) is 0 Å². The van der Waals surface area contributed by atoms with Gasteiger partial charge in [-0.05, 0) is 49.1 Å². The first kappa shape index (κ1) is 15.8. The molecule has 6 heteroatoms. The summed E-state index contributed by atoms with van der Waals surface area (Å²) in [6.07, 6.45) is 8.52. The maximum atomic E-state index is 9.94. The number of hydrogen-bond donors (Lipinski definition) is 1. The van der Waals surface area contributed by atoms with E-state index in [0.717, 1.165) is 41.8 Å². The Morgan fingerprint density at radius 2 is 2.16 bits per heavy atom. The van der Waals surface area contributed by atoms with Crippen LogP contribution in [0.5, 0.6) is 0 Å². The predicted molar refractivity (Wildman–Crippen MR) is 95.2 cm³/mol. The lowest BCUT2D eigenvalue weighted by Crippen LogP contribution is -2.39. The number of pyridine rings is 1. The number of piperidine rings is 1. The van der Waals surface area contributed by atoms with Gasteiger partial charge in [0.15, 0.2) is 5.76 Å². The van der Waals surface area contributed by atoms with Gasteiger partial charge in [0.05, 0.1) is 12.4 Å². The minimum atomic E-state index is -0.327. The summed E-state index contributed by atoms with van der Waals surface area (Å²) >= 11 is 0. The van der Waals surface area contributed by atoms with Crippen LogP contribution in [0.4, 0.5) is 5.95 Å². The third kappa shape index (κ3) is 3.13. The summed E-state index contributed by atoms with van der Waals surface area (Å²) in [7, 11) is 0. The fourth-order valence-corrected chi connectivity index (χ4v) is 3.24. The Labute approximate surface area is 146 Å². The highest BCUT2D eigenvalue weighted by molar-refractivity contribution is 5.80. The quantitative estimate of drug-likeness (QED) is 0.792. The minimum absolute atomic E-state index is 0.327. The summed E-state index contributed by atoms with van der Waals surface area (Å²) in [5.74, 6) is 1.33. The number of rotatable bonds is 3. The van der Waals surface area contributed by atoms with Gasteiger partial charge in [0.2, 0.25) is 5.95 Å². The third-order valence-electron chi connectivity index (χ3n) is 4.52. The molecular weight excluding hydrogens is 316 g/mol. The zero-order chi connectivity index (χ0) is 17.2. The van der Waals surface area contributed by atoms with Crippen molar-refractivity contribution < 1.29 is 9.52 Å². The Balaban J connectivity index is 1.81. The van der Waals surface area contributed by atoms with E-state index >= 15 is 0 Å². The highest BCUT2D eigenvalue weighted by atomic mass is 16.3. The van der Waals surface area contributed by atoms with Gasteiger partial charge in [-0.25, -0.2) is 9.97 Å². The van der Waals surface area contributed by atoms with E-state index in [2.05, 4.69) is 9.97 Å². The van der Waals surface area contributed by atoms with Crippen molar-refractivity contribution in [3.8, 4) is 22.6 Å². The average Bonchev–Trinajstić information content (AvgIpc) is 3.16. The molecule has 6 nitrogen and oxygen atoms in total. The van der Waals surface area contributed by atoms with Gasteiger partial charge in [-0.2, -0.15) is 0 Å². The van der Waals surface area contributed by atoms with Crippen molar-refractivity contribution in [2.24, 2.45) is 0 Å². The van der Waals surface area contributed by atoms with Crippen LogP contribution >= 0.6 is 0 Å². The first-order valence-corrected chi connectivity index (χ1v) is 8.47. The van der Waals surface area contributed by atoms with E-state index in [0.29, 0.717) is 18.3 Å². The standard InChI is InChI=1S/C19H20N4O2/c1-13-10-20-7-6-15(13)16-11-21-19(23-8-2-4-14(24)12-23)22-18(16)17-5-3-9-25-17/h3,5-7,9-11,14,24H,2,4,8,12H2,1H3/t14-/m0/s1. The van der Waals surface area contributed by atoms with Crippen LogP contribution in [0.3, 0.4) is 0 Å². The van der Waals surface area contributed by atoms with Gasteiger partial charge >= 0.3 is 0 Å². The lowest BCUT2D eigenvalue weighted by Gasteiger charge is -2.30. The fraction of sp³-hybridized carbons (Fsp3) is 0.316. The Morgan fingerprint density at radius 3 is 2.92 bits per heavy atom. The lowest BCUT2D eigenvalue weighted by molar-refractivity contribution is 0.153. The molecule has 0 unspecified atom stereocenters. The number of aromatic nitrogens is 3. The van der Waals surface area contributed by atoms with Crippen molar-refractivity contribution in [1.82, 2.24) is 15.0 Å². The van der Waals surface area contributed by atoms with Crippen LogP contribution < -0.4 is 4.90 Å². The molecule has 3 aromatic heterocycles. The molecule has 1 aliphatic rings. The number of anilines is 1. The molecule has 0 amide bonds. The van der Waals surface area contributed by atoms with Crippen molar-refractivity contribution >= 4 is 5.95 Å². The number of aliphatic hydroxyl groups excluding tert-OH is 1. The number of aliphatic hydroxyl groups is 1. The zero-order valence-corrected chi connectivity index (χ0v) is 14.1. The minimum Gasteiger partial charge on any atom is -0.463 e. The second kappa shape index (κ2) is 6.64. The fourth-order valence-electron chi connectivity index (χ4n) is 3.24. The molecule has 0 aliphatic carbocycles. The molecule has 0 bridgehead atoms. The summed E-state index contributed by atoms with van der Waals surface area (Å²) < 4.78 is 5.61. The van der Waals surface area contributed by atoms with Crippen LogP contribution in [-0.2, 0) is 0 Å². The van der Waals surface area contributed by atoms with Gasteiger partial charge in [0, 0.05) is 37.2 Å². The molecule has 1 saturated heterocycles. The van der Waals surface area contributed by atoms with E-state index in [4.69, 9.17) is 9.40 Å². The molecule has 4 rings (SSSR count). The maximum Gasteiger partial charge on any atom is 0.226 e. The van der Waals surface area contributed by atoms with E-state index in [1.807, 2.05) is 42.4 Å². The molecule has 1 N–H and O–H groups in total. The summed E-state index contributed by atoms with van der Waals surface area (Å²) in [6, 6.07) is 5.72. The highest BCUT2D eigenvalue weighted by Crippen LogP contribution is 2.33. The van der Waals surface area contributed by atoms with E-state index in [1.54, 1.807) is 12.5 Å². The SMILES string of the molecule is Cc1cnccc1-c1cnc(N2CCC[C@H](O)C2)nc1-c1ccco1. The van der Waals surface area contributed by atoms with Crippen molar-refractivity contribution in [1.29, 1.82) is 0 Å². The molecule has 0 spiro atoms.